The molecule has 26 heavy (non-hydrogen) atoms. The average Bonchev–Trinajstić information content (AvgIpc) is 2.64. The molecule has 0 spiro atoms. The van der Waals surface area contributed by atoms with Crippen LogP contribution in [0.25, 0.3) is 0 Å². The van der Waals surface area contributed by atoms with Crippen LogP contribution >= 0.6 is 23.4 Å². The van der Waals surface area contributed by atoms with Gasteiger partial charge in [-0.2, -0.15) is 0 Å². The quantitative estimate of drug-likeness (QED) is 0.393. The Morgan fingerprint density at radius 2 is 2.04 bits per heavy atom. The third-order valence-corrected chi connectivity index (χ3v) is 6.53. The van der Waals surface area contributed by atoms with E-state index in [1.165, 1.54) is 11.8 Å². The molecule has 2 fully saturated rings. The van der Waals surface area contributed by atoms with E-state index in [2.05, 4.69) is 17.6 Å². The van der Waals surface area contributed by atoms with Crippen molar-refractivity contribution in [2.24, 2.45) is 5.92 Å². The van der Waals surface area contributed by atoms with E-state index in [1.54, 1.807) is 13.2 Å². The number of halogens is 1. The number of aliphatic hydroxyl groups is 3. The lowest BCUT2D eigenvalue weighted by molar-refractivity contribution is -0.205. The van der Waals surface area contributed by atoms with Crippen LogP contribution in [0.5, 0.6) is 0 Å². The minimum absolute atomic E-state index is 0.183. The molecular formula is C17H31ClN2O5S. The van der Waals surface area contributed by atoms with Crippen LogP contribution in [-0.2, 0) is 9.53 Å². The van der Waals surface area contributed by atoms with Crippen molar-refractivity contribution in [3.63, 3.8) is 0 Å². The van der Waals surface area contributed by atoms with E-state index in [4.69, 9.17) is 16.3 Å². The van der Waals surface area contributed by atoms with E-state index in [0.29, 0.717) is 5.92 Å². The van der Waals surface area contributed by atoms with Gasteiger partial charge in [0.1, 0.15) is 29.9 Å². The van der Waals surface area contributed by atoms with Gasteiger partial charge in [0.25, 0.3) is 0 Å². The van der Waals surface area contributed by atoms with Crippen molar-refractivity contribution >= 4 is 29.3 Å². The molecule has 0 radical (unpaired) electrons. The van der Waals surface area contributed by atoms with Crippen LogP contribution in [0.2, 0.25) is 0 Å². The summed E-state index contributed by atoms with van der Waals surface area (Å²) in [4.78, 5) is 12.7. The number of ether oxygens (including phenoxy) is 1. The molecule has 2 rings (SSSR count). The van der Waals surface area contributed by atoms with Gasteiger partial charge in [-0.05, 0) is 38.5 Å². The average molecular weight is 411 g/mol. The summed E-state index contributed by atoms with van der Waals surface area (Å²) in [5, 5.41) is 36.1. The highest BCUT2D eigenvalue weighted by molar-refractivity contribution is 7.99. The van der Waals surface area contributed by atoms with Crippen molar-refractivity contribution in [1.29, 1.82) is 0 Å². The van der Waals surface area contributed by atoms with Gasteiger partial charge in [-0.3, -0.25) is 4.79 Å². The number of hydrogen-bond acceptors (Lipinski definition) is 7. The zero-order valence-electron chi connectivity index (χ0n) is 15.5. The van der Waals surface area contributed by atoms with Gasteiger partial charge >= 0.3 is 0 Å². The van der Waals surface area contributed by atoms with Gasteiger partial charge in [0.2, 0.25) is 5.91 Å². The molecule has 0 aliphatic carbocycles. The van der Waals surface area contributed by atoms with Gasteiger partial charge in [-0.25, -0.2) is 0 Å². The maximum Gasteiger partial charge on any atom is 0.237 e. The molecule has 1 amide bonds. The van der Waals surface area contributed by atoms with Crippen molar-refractivity contribution in [2.45, 2.75) is 80.4 Å². The van der Waals surface area contributed by atoms with Crippen LogP contribution in [0.3, 0.4) is 0 Å². The lowest BCUT2D eigenvalue weighted by Crippen LogP contribution is -2.65. The Kier molecular flexibility index (Phi) is 8.46. The summed E-state index contributed by atoms with van der Waals surface area (Å²) in [6.45, 7) is 4.62. The van der Waals surface area contributed by atoms with Gasteiger partial charge in [0.05, 0.1) is 17.5 Å². The van der Waals surface area contributed by atoms with E-state index < -0.39 is 41.3 Å². The van der Waals surface area contributed by atoms with Crippen LogP contribution in [0, 0.1) is 5.92 Å². The fourth-order valence-corrected chi connectivity index (χ4v) is 4.54. The number of carbonyl (C=O) groups excluding carboxylic acids is 1. The predicted molar refractivity (Wildman–Crippen MR) is 102 cm³/mol. The number of nitrogens with one attached hydrogen (secondary N) is 2. The van der Waals surface area contributed by atoms with Crippen LogP contribution in [0.4, 0.5) is 0 Å². The largest absolute Gasteiger partial charge is 0.388 e. The molecule has 0 bridgehead atoms. The fourth-order valence-electron chi connectivity index (χ4n) is 3.66. The Labute approximate surface area is 164 Å². The summed E-state index contributed by atoms with van der Waals surface area (Å²) in [7, 11) is 0. The monoisotopic (exact) mass is 410 g/mol. The second kappa shape index (κ2) is 9.91. The molecule has 2 heterocycles. The predicted octanol–water partition coefficient (Wildman–Crippen LogP) is 0.0473. The summed E-state index contributed by atoms with van der Waals surface area (Å²) in [5.41, 5.74) is -0.703. The molecule has 0 saturated carbocycles. The molecule has 152 valence electrons. The number of thioether (sulfide) groups is 1. The standard InChI is InChI=1S/C17H31ClN2O5S/c1-4-9-5-6-19-10(7-9)16(24)20-11(8(2)18)15-13(22)12(21)14(23)17(25-15)26-3/h8-15,17,19,21-23H,4-7H2,1-3H3,(H,20,24)/t8?,9-,10+,11?,12+,13-,14-,15-,17-/m1/s1. The first-order valence-electron chi connectivity index (χ1n) is 9.20. The summed E-state index contributed by atoms with van der Waals surface area (Å²) in [6, 6.07) is -1.00. The zero-order valence-corrected chi connectivity index (χ0v) is 17.0. The first kappa shape index (κ1) is 22.2. The van der Waals surface area contributed by atoms with Crippen molar-refractivity contribution in [3.8, 4) is 0 Å². The number of aliphatic hydroxyl groups excluding tert-OH is 3. The maximum atomic E-state index is 12.7. The molecule has 0 aromatic rings. The van der Waals surface area contributed by atoms with E-state index >= 15 is 0 Å². The van der Waals surface area contributed by atoms with Crippen LogP contribution in [0.1, 0.15) is 33.1 Å². The van der Waals surface area contributed by atoms with Gasteiger partial charge < -0.3 is 30.7 Å². The molecule has 2 aliphatic rings. The normalized spacial score (nSPS) is 40.7. The summed E-state index contributed by atoms with van der Waals surface area (Å²) in [5.74, 6) is 0.325. The third kappa shape index (κ3) is 5.04. The highest BCUT2D eigenvalue weighted by Gasteiger charge is 2.48. The molecule has 2 saturated heterocycles. The van der Waals surface area contributed by atoms with Crippen molar-refractivity contribution in [1.82, 2.24) is 10.6 Å². The molecule has 2 aliphatic heterocycles. The van der Waals surface area contributed by atoms with E-state index in [-0.39, 0.29) is 11.9 Å². The van der Waals surface area contributed by atoms with E-state index in [9.17, 15) is 20.1 Å². The topological polar surface area (TPSA) is 111 Å². The Morgan fingerprint density at radius 3 is 2.62 bits per heavy atom. The first-order chi connectivity index (χ1) is 12.3. The van der Waals surface area contributed by atoms with Crippen molar-refractivity contribution in [3.05, 3.63) is 0 Å². The van der Waals surface area contributed by atoms with E-state index in [1.807, 2.05) is 0 Å². The summed E-state index contributed by atoms with van der Waals surface area (Å²) >= 11 is 7.51. The lowest BCUT2D eigenvalue weighted by atomic mass is 9.89. The summed E-state index contributed by atoms with van der Waals surface area (Å²) < 4.78 is 5.77. The third-order valence-electron chi connectivity index (χ3n) is 5.40. The minimum Gasteiger partial charge on any atom is -0.388 e. The Morgan fingerprint density at radius 1 is 1.35 bits per heavy atom. The fraction of sp³-hybridized carbons (Fsp3) is 0.941. The molecule has 0 aromatic carbocycles. The number of alkyl halides is 1. The summed E-state index contributed by atoms with van der Waals surface area (Å²) in [6.07, 6.45) is -0.236. The van der Waals surface area contributed by atoms with Gasteiger partial charge in [-0.1, -0.05) is 13.3 Å². The molecule has 7 nitrogen and oxygen atoms in total. The first-order valence-corrected chi connectivity index (χ1v) is 10.9. The maximum absolute atomic E-state index is 12.7. The van der Waals surface area contributed by atoms with Gasteiger partial charge in [-0.15, -0.1) is 23.4 Å². The second-order valence-electron chi connectivity index (χ2n) is 7.19. The molecule has 5 N–H and O–H groups in total. The molecule has 9 heteroatoms. The zero-order chi connectivity index (χ0) is 19.4. The van der Waals surface area contributed by atoms with E-state index in [0.717, 1.165) is 25.8 Å². The highest BCUT2D eigenvalue weighted by Crippen LogP contribution is 2.30. The van der Waals surface area contributed by atoms with Crippen LogP contribution in [0.15, 0.2) is 0 Å². The number of carbonyl (C=O) groups is 1. The SMILES string of the molecule is CC[C@@H]1CCN[C@H](C(=O)NC(C(C)Cl)[C@H]2O[C@H](SC)[C@H](O)[C@@H](O)[C@H]2O)C1. The van der Waals surface area contributed by atoms with Crippen LogP contribution in [-0.4, -0.2) is 81.3 Å². The molecule has 0 aromatic heterocycles. The molecular weight excluding hydrogens is 380 g/mol. The number of amides is 1. The Balaban J connectivity index is 2.09. The highest BCUT2D eigenvalue weighted by atomic mass is 35.5. The van der Waals surface area contributed by atoms with Crippen LogP contribution < -0.4 is 10.6 Å². The molecule has 9 atom stereocenters. The Bertz CT molecular complexity index is 470. The number of rotatable bonds is 6. The minimum atomic E-state index is -1.36. The van der Waals surface area contributed by atoms with Crippen molar-refractivity contribution < 1.29 is 24.9 Å². The smallest absolute Gasteiger partial charge is 0.237 e. The second-order valence-corrected chi connectivity index (χ2v) is 8.82. The van der Waals surface area contributed by atoms with Gasteiger partial charge in [0.15, 0.2) is 0 Å². The molecule has 2 unspecified atom stereocenters. The lowest BCUT2D eigenvalue weighted by Gasteiger charge is -2.44. The Hall–Kier alpha value is -0.0900. The number of piperidine rings is 1. The van der Waals surface area contributed by atoms with Gasteiger partial charge in [0, 0.05) is 0 Å². The number of hydrogen-bond donors (Lipinski definition) is 5. The van der Waals surface area contributed by atoms with Crippen molar-refractivity contribution in [2.75, 3.05) is 12.8 Å².